The van der Waals surface area contributed by atoms with Crippen molar-refractivity contribution in [1.82, 2.24) is 20.3 Å². The Hall–Kier alpha value is -3.51. The number of halogens is 6. The molecule has 3 aromatic rings. The number of H-pyrrole nitrogens is 1. The number of anilines is 2. The van der Waals surface area contributed by atoms with E-state index in [0.29, 0.717) is 43.1 Å². The zero-order valence-electron chi connectivity index (χ0n) is 17.6. The highest BCUT2D eigenvalue weighted by Crippen LogP contribution is 2.37. The number of aromatic amines is 1. The number of aromatic nitrogens is 3. The average Bonchev–Trinajstić information content (AvgIpc) is 3.25. The predicted molar refractivity (Wildman–Crippen MR) is 112 cm³/mol. The number of amides is 1. The van der Waals surface area contributed by atoms with E-state index in [9.17, 15) is 31.1 Å². The smallest absolute Gasteiger partial charge is 0.376 e. The van der Waals surface area contributed by atoms with Gasteiger partial charge >= 0.3 is 12.4 Å². The molecule has 1 atom stereocenters. The summed E-state index contributed by atoms with van der Waals surface area (Å²) in [6, 6.07) is 2.71. The maximum atomic E-state index is 13.0. The topological polar surface area (TPSA) is 85.9 Å². The van der Waals surface area contributed by atoms with Gasteiger partial charge in [0.05, 0.1) is 23.1 Å². The van der Waals surface area contributed by atoms with Crippen LogP contribution >= 0.6 is 0 Å². The Labute approximate surface area is 189 Å². The molecule has 4 rings (SSSR count). The van der Waals surface area contributed by atoms with Crippen LogP contribution in [0.3, 0.4) is 0 Å². The van der Waals surface area contributed by atoms with E-state index in [0.717, 1.165) is 11.8 Å². The van der Waals surface area contributed by atoms with Gasteiger partial charge in [-0.05, 0) is 37.1 Å². The summed E-state index contributed by atoms with van der Waals surface area (Å²) < 4.78 is 78.0. The second kappa shape index (κ2) is 9.03. The van der Waals surface area contributed by atoms with Crippen LogP contribution < -0.4 is 15.5 Å². The Bertz CT molecular complexity index is 1140. The van der Waals surface area contributed by atoms with Crippen LogP contribution in [0.15, 0.2) is 36.8 Å². The first-order chi connectivity index (χ1) is 16.0. The van der Waals surface area contributed by atoms with Crippen LogP contribution in [-0.4, -0.2) is 46.5 Å². The highest BCUT2D eigenvalue weighted by molar-refractivity contribution is 5.87. The summed E-state index contributed by atoms with van der Waals surface area (Å²) in [5.41, 5.74) is -2.67. The fourth-order valence-electron chi connectivity index (χ4n) is 3.92. The molecule has 0 radical (unpaired) electrons. The molecular weight excluding hydrogens is 466 g/mol. The molecular formula is C21H20F6N6O. The summed E-state index contributed by atoms with van der Waals surface area (Å²) >= 11 is 0. The van der Waals surface area contributed by atoms with Gasteiger partial charge in [0, 0.05) is 31.0 Å². The Balaban J connectivity index is 1.40. The lowest BCUT2D eigenvalue weighted by molar-refractivity contribution is -0.143. The second-order valence-corrected chi connectivity index (χ2v) is 7.94. The van der Waals surface area contributed by atoms with Gasteiger partial charge in [-0.1, -0.05) is 0 Å². The van der Waals surface area contributed by atoms with E-state index in [2.05, 4.69) is 25.6 Å². The molecule has 34 heavy (non-hydrogen) atoms. The first kappa shape index (κ1) is 23.6. The molecule has 182 valence electrons. The van der Waals surface area contributed by atoms with Crippen LogP contribution in [0.25, 0.3) is 11.0 Å². The van der Waals surface area contributed by atoms with Gasteiger partial charge < -0.3 is 20.5 Å². The molecule has 2 aromatic heterocycles. The van der Waals surface area contributed by atoms with Gasteiger partial charge in [0.25, 0.3) is 0 Å². The molecule has 13 heteroatoms. The Kier molecular flexibility index (Phi) is 6.28. The molecule has 1 aliphatic rings. The molecule has 1 aromatic carbocycles. The van der Waals surface area contributed by atoms with E-state index in [1.54, 1.807) is 6.20 Å². The minimum atomic E-state index is -4.96. The minimum Gasteiger partial charge on any atom is -0.376 e. The van der Waals surface area contributed by atoms with Crippen LogP contribution in [-0.2, 0) is 17.1 Å². The number of nitrogens with zero attached hydrogens (tertiary/aromatic N) is 3. The highest BCUT2D eigenvalue weighted by atomic mass is 19.4. The molecule has 1 amide bonds. The number of rotatable bonds is 5. The largest absolute Gasteiger partial charge is 0.416 e. The SMILES string of the molecule is O=C(CNc1cc(C(F)(F)F)cc(C(F)(F)F)c1)N[C@@H]1CCCN(c2ncnc3[nH]ccc23)C1. The van der Waals surface area contributed by atoms with Gasteiger partial charge in [-0.2, -0.15) is 26.3 Å². The summed E-state index contributed by atoms with van der Waals surface area (Å²) in [6.45, 7) is 0.682. The van der Waals surface area contributed by atoms with Crippen molar-refractivity contribution in [2.24, 2.45) is 0 Å². The molecule has 3 N–H and O–H groups in total. The van der Waals surface area contributed by atoms with Crippen LogP contribution in [0.5, 0.6) is 0 Å². The molecule has 0 saturated carbocycles. The molecule has 1 aliphatic heterocycles. The highest BCUT2D eigenvalue weighted by Gasteiger charge is 2.37. The van der Waals surface area contributed by atoms with Crippen LogP contribution in [0.1, 0.15) is 24.0 Å². The van der Waals surface area contributed by atoms with E-state index in [-0.39, 0.29) is 12.1 Å². The first-order valence-electron chi connectivity index (χ1n) is 10.4. The summed E-state index contributed by atoms with van der Waals surface area (Å²) in [6.07, 6.45) is -5.31. The van der Waals surface area contributed by atoms with Crippen molar-refractivity contribution >= 4 is 28.4 Å². The third-order valence-corrected chi connectivity index (χ3v) is 5.46. The number of nitrogens with one attached hydrogen (secondary N) is 3. The fourth-order valence-corrected chi connectivity index (χ4v) is 3.92. The van der Waals surface area contributed by atoms with E-state index >= 15 is 0 Å². The van der Waals surface area contributed by atoms with E-state index in [1.807, 2.05) is 11.0 Å². The number of fused-ring (bicyclic) bond motifs is 1. The monoisotopic (exact) mass is 486 g/mol. The first-order valence-corrected chi connectivity index (χ1v) is 10.4. The number of carbonyl (C=O) groups excluding carboxylic acids is 1. The molecule has 0 aliphatic carbocycles. The Morgan fingerprint density at radius 3 is 2.47 bits per heavy atom. The third-order valence-electron chi connectivity index (χ3n) is 5.46. The standard InChI is InChI=1S/C21H20F6N6O/c22-20(23,24)12-6-13(21(25,26)27)8-15(7-12)29-9-17(34)32-14-2-1-5-33(10-14)19-16-3-4-28-18(16)30-11-31-19/h3-4,6-8,11,14,29H,1-2,5,9-10H2,(H,32,34)(H,28,30,31)/t14-/m1/s1. The molecule has 1 saturated heterocycles. The van der Waals surface area contributed by atoms with E-state index < -0.39 is 41.6 Å². The quantitative estimate of drug-likeness (QED) is 0.471. The zero-order chi connectivity index (χ0) is 24.5. The van der Waals surface area contributed by atoms with Crippen LogP contribution in [0.4, 0.5) is 37.8 Å². The lowest BCUT2D eigenvalue weighted by atomic mass is 10.1. The summed E-state index contributed by atoms with van der Waals surface area (Å²) in [7, 11) is 0. The maximum absolute atomic E-state index is 13.0. The second-order valence-electron chi connectivity index (χ2n) is 7.94. The van der Waals surface area contributed by atoms with Gasteiger partial charge in [-0.15, -0.1) is 0 Å². The summed E-state index contributed by atoms with van der Waals surface area (Å²) in [5.74, 6) is 0.166. The van der Waals surface area contributed by atoms with Crippen molar-refractivity contribution in [2.45, 2.75) is 31.2 Å². The molecule has 0 spiro atoms. The third kappa shape index (κ3) is 5.34. The van der Waals surface area contributed by atoms with Crippen molar-refractivity contribution in [3.63, 3.8) is 0 Å². The zero-order valence-corrected chi connectivity index (χ0v) is 17.6. The summed E-state index contributed by atoms with van der Waals surface area (Å²) in [4.78, 5) is 25.9. The van der Waals surface area contributed by atoms with E-state index in [4.69, 9.17) is 0 Å². The van der Waals surface area contributed by atoms with Gasteiger partial charge in [-0.3, -0.25) is 4.79 Å². The maximum Gasteiger partial charge on any atom is 0.416 e. The normalized spacial score (nSPS) is 17.1. The molecule has 1 fully saturated rings. The fraction of sp³-hybridized carbons (Fsp3) is 0.381. The van der Waals surface area contributed by atoms with Crippen molar-refractivity contribution in [3.8, 4) is 0 Å². The van der Waals surface area contributed by atoms with Gasteiger partial charge in [0.1, 0.15) is 17.8 Å². The Morgan fingerprint density at radius 1 is 1.09 bits per heavy atom. The lowest BCUT2D eigenvalue weighted by Crippen LogP contribution is -2.49. The number of benzene rings is 1. The van der Waals surface area contributed by atoms with Crippen molar-refractivity contribution < 1.29 is 31.1 Å². The van der Waals surface area contributed by atoms with Crippen molar-refractivity contribution in [3.05, 3.63) is 47.9 Å². The number of carbonyl (C=O) groups is 1. The minimum absolute atomic E-state index is 0.0382. The van der Waals surface area contributed by atoms with Gasteiger partial charge in [0.2, 0.25) is 5.91 Å². The van der Waals surface area contributed by atoms with Crippen molar-refractivity contribution in [1.29, 1.82) is 0 Å². The van der Waals surface area contributed by atoms with Crippen LogP contribution in [0.2, 0.25) is 0 Å². The van der Waals surface area contributed by atoms with Gasteiger partial charge in [-0.25, -0.2) is 9.97 Å². The summed E-state index contributed by atoms with van der Waals surface area (Å²) in [5, 5.41) is 5.99. The van der Waals surface area contributed by atoms with Crippen molar-refractivity contribution in [2.75, 3.05) is 29.9 Å². The molecule has 0 unspecified atom stereocenters. The molecule has 7 nitrogen and oxygen atoms in total. The number of hydrogen-bond donors (Lipinski definition) is 3. The van der Waals surface area contributed by atoms with E-state index in [1.165, 1.54) is 6.33 Å². The number of alkyl halides is 6. The molecule has 3 heterocycles. The van der Waals surface area contributed by atoms with Crippen LogP contribution in [0, 0.1) is 0 Å². The lowest BCUT2D eigenvalue weighted by Gasteiger charge is -2.34. The predicted octanol–water partition coefficient (Wildman–Crippen LogP) is 4.19. The average molecular weight is 486 g/mol. The molecule has 0 bridgehead atoms. The number of hydrogen-bond acceptors (Lipinski definition) is 5. The Morgan fingerprint density at radius 2 is 1.79 bits per heavy atom. The van der Waals surface area contributed by atoms with Gasteiger partial charge in [0.15, 0.2) is 0 Å². The number of piperidine rings is 1.